The van der Waals surface area contributed by atoms with Gasteiger partial charge in [-0.15, -0.1) is 0 Å². The van der Waals surface area contributed by atoms with Crippen LogP contribution in [0.1, 0.15) is 82.1 Å². The van der Waals surface area contributed by atoms with Crippen LogP contribution in [0.2, 0.25) is 10.1 Å². The number of hydrogen-bond acceptors (Lipinski definition) is 6. The Kier molecular flexibility index (Phi) is 10.7. The van der Waals surface area contributed by atoms with Gasteiger partial charge < -0.3 is 28.5 Å². The van der Waals surface area contributed by atoms with Crippen LogP contribution < -0.4 is 0 Å². The molecule has 186 valence electrons. The van der Waals surface area contributed by atoms with E-state index < -0.39 is 20.8 Å². The van der Waals surface area contributed by atoms with Gasteiger partial charge in [-0.2, -0.15) is 0 Å². The first-order valence-corrected chi connectivity index (χ1v) is 13.7. The third-order valence-electron chi connectivity index (χ3n) is 7.10. The third-order valence-corrected chi connectivity index (χ3v) is 12.3. The van der Waals surface area contributed by atoms with Crippen LogP contribution in [0.3, 0.4) is 0 Å². The standard InChI is InChI=1S/C24H50O6Si/c1-12-19(25)16(2)21(26)18(4)22(28-15-27-11)17(3)20-13-14-29-31(30-20,23(5,6)7)24(8,9)10/h16-22,25-26H,12-15H2,1-11H3/t16-,17+,18+,19+,20+,21-,22+/m1/s1. The van der Waals surface area contributed by atoms with Crippen molar-refractivity contribution in [1.82, 2.24) is 0 Å². The summed E-state index contributed by atoms with van der Waals surface area (Å²) in [6.45, 7) is 22.1. The van der Waals surface area contributed by atoms with E-state index in [0.717, 1.165) is 6.42 Å². The number of rotatable bonds is 10. The van der Waals surface area contributed by atoms with E-state index in [0.29, 0.717) is 13.0 Å². The molecule has 0 aromatic carbocycles. The molecule has 1 saturated heterocycles. The molecule has 2 N–H and O–H groups in total. The van der Waals surface area contributed by atoms with Crippen LogP contribution in [0, 0.1) is 17.8 Å². The summed E-state index contributed by atoms with van der Waals surface area (Å²) in [5.74, 6) is -0.395. The molecule has 0 unspecified atom stereocenters. The second-order valence-electron chi connectivity index (χ2n) is 11.5. The molecule has 0 spiro atoms. The molecule has 0 bridgehead atoms. The SMILES string of the molecule is CC[C@H](O)[C@@H](C)[C@@H](O)[C@H](C)[C@@H](OCOC)[C@@H](C)[C@@H]1CCO[Si](C(C)(C)C)(C(C)(C)C)O1. The van der Waals surface area contributed by atoms with Gasteiger partial charge in [0, 0.05) is 41.5 Å². The molecule has 7 heteroatoms. The van der Waals surface area contributed by atoms with Crippen molar-refractivity contribution >= 4 is 8.56 Å². The van der Waals surface area contributed by atoms with Gasteiger partial charge in [-0.05, 0) is 12.8 Å². The van der Waals surface area contributed by atoms with E-state index in [-0.39, 0.29) is 46.8 Å². The zero-order valence-electron chi connectivity index (χ0n) is 21.9. The van der Waals surface area contributed by atoms with Gasteiger partial charge in [0.15, 0.2) is 0 Å². The molecular formula is C24H50O6Si. The van der Waals surface area contributed by atoms with Gasteiger partial charge >= 0.3 is 8.56 Å². The van der Waals surface area contributed by atoms with Crippen molar-refractivity contribution in [3.8, 4) is 0 Å². The molecule has 0 aromatic rings. The zero-order chi connectivity index (χ0) is 24.2. The highest BCUT2D eigenvalue weighted by molar-refractivity contribution is 6.73. The summed E-state index contributed by atoms with van der Waals surface area (Å²) in [6, 6.07) is 0. The van der Waals surface area contributed by atoms with Crippen LogP contribution in [0.25, 0.3) is 0 Å². The number of hydrogen-bond donors (Lipinski definition) is 2. The van der Waals surface area contributed by atoms with Crippen molar-refractivity contribution in [2.24, 2.45) is 17.8 Å². The summed E-state index contributed by atoms with van der Waals surface area (Å²) in [4.78, 5) is 0. The van der Waals surface area contributed by atoms with Crippen molar-refractivity contribution in [3.05, 3.63) is 0 Å². The molecule has 0 amide bonds. The summed E-state index contributed by atoms with van der Waals surface area (Å²) in [5.41, 5.74) is 0. The number of methoxy groups -OCH3 is 1. The van der Waals surface area contributed by atoms with Crippen LogP contribution in [-0.4, -0.2) is 63.7 Å². The highest BCUT2D eigenvalue weighted by atomic mass is 28.4. The second-order valence-corrected chi connectivity index (χ2v) is 16.2. The summed E-state index contributed by atoms with van der Waals surface area (Å²) in [7, 11) is -0.980. The predicted molar refractivity (Wildman–Crippen MR) is 127 cm³/mol. The van der Waals surface area contributed by atoms with E-state index in [1.807, 2.05) is 20.8 Å². The first-order chi connectivity index (χ1) is 14.1. The zero-order valence-corrected chi connectivity index (χ0v) is 22.9. The van der Waals surface area contributed by atoms with Gasteiger partial charge in [0.05, 0.1) is 24.4 Å². The number of aliphatic hydroxyl groups excluding tert-OH is 2. The fourth-order valence-electron chi connectivity index (χ4n) is 5.32. The molecule has 6 nitrogen and oxygen atoms in total. The van der Waals surface area contributed by atoms with Crippen LogP contribution in [0.5, 0.6) is 0 Å². The van der Waals surface area contributed by atoms with Gasteiger partial charge in [0.25, 0.3) is 0 Å². The van der Waals surface area contributed by atoms with Gasteiger partial charge in [0.2, 0.25) is 0 Å². The summed E-state index contributed by atoms with van der Waals surface area (Å²) < 4.78 is 24.8. The number of aliphatic hydroxyl groups is 2. The molecule has 1 heterocycles. The van der Waals surface area contributed by atoms with Crippen LogP contribution in [-0.2, 0) is 18.3 Å². The summed E-state index contributed by atoms with van der Waals surface area (Å²) in [6.07, 6.45) is -0.120. The molecule has 31 heavy (non-hydrogen) atoms. The van der Waals surface area contributed by atoms with Crippen molar-refractivity contribution in [3.63, 3.8) is 0 Å². The Morgan fingerprint density at radius 2 is 1.55 bits per heavy atom. The smallest absolute Gasteiger partial charge is 0.349 e. The molecule has 1 rings (SSSR count). The molecule has 1 aliphatic rings. The normalized spacial score (nSPS) is 26.0. The van der Waals surface area contributed by atoms with E-state index in [9.17, 15) is 10.2 Å². The molecule has 7 atom stereocenters. The van der Waals surface area contributed by atoms with Crippen molar-refractivity contribution in [2.45, 2.75) is 117 Å². The van der Waals surface area contributed by atoms with Crippen LogP contribution in [0.15, 0.2) is 0 Å². The lowest BCUT2D eigenvalue weighted by Crippen LogP contribution is -2.63. The Hall–Kier alpha value is -0.0231. The maximum absolute atomic E-state index is 11.0. The molecule has 1 aliphatic heterocycles. The maximum Gasteiger partial charge on any atom is 0.349 e. The third kappa shape index (κ3) is 6.52. The largest absolute Gasteiger partial charge is 0.394 e. The minimum atomic E-state index is -2.59. The van der Waals surface area contributed by atoms with E-state index >= 15 is 0 Å². The van der Waals surface area contributed by atoms with Crippen molar-refractivity contribution in [1.29, 1.82) is 0 Å². The minimum Gasteiger partial charge on any atom is -0.394 e. The highest BCUT2D eigenvalue weighted by Crippen LogP contribution is 2.54. The summed E-state index contributed by atoms with van der Waals surface area (Å²) in [5, 5.41) is 21.1. The highest BCUT2D eigenvalue weighted by Gasteiger charge is 2.61. The first-order valence-electron chi connectivity index (χ1n) is 11.9. The van der Waals surface area contributed by atoms with E-state index in [1.54, 1.807) is 7.11 Å². The van der Waals surface area contributed by atoms with E-state index in [1.165, 1.54) is 0 Å². The quantitative estimate of drug-likeness (QED) is 0.356. The van der Waals surface area contributed by atoms with Crippen LogP contribution >= 0.6 is 0 Å². The maximum atomic E-state index is 11.0. The Morgan fingerprint density at radius 1 is 1.00 bits per heavy atom. The predicted octanol–water partition coefficient (Wildman–Crippen LogP) is 4.86. The van der Waals surface area contributed by atoms with Gasteiger partial charge in [0.1, 0.15) is 6.79 Å². The molecule has 1 fully saturated rings. The average molecular weight is 463 g/mol. The van der Waals surface area contributed by atoms with E-state index in [2.05, 4.69) is 48.5 Å². The lowest BCUT2D eigenvalue weighted by atomic mass is 9.80. The lowest BCUT2D eigenvalue weighted by molar-refractivity contribution is -0.154. The molecule has 0 radical (unpaired) electrons. The van der Waals surface area contributed by atoms with Crippen LogP contribution in [0.4, 0.5) is 0 Å². The fourth-order valence-corrected chi connectivity index (χ4v) is 10.4. The fraction of sp³-hybridized carbons (Fsp3) is 1.00. The monoisotopic (exact) mass is 462 g/mol. The Balaban J connectivity index is 3.18. The molecule has 0 aromatic heterocycles. The molecular weight excluding hydrogens is 412 g/mol. The lowest BCUT2D eigenvalue weighted by Gasteiger charge is -2.54. The minimum absolute atomic E-state index is 0.0261. The average Bonchev–Trinajstić information content (AvgIpc) is 2.70. The number of ether oxygens (including phenoxy) is 2. The Morgan fingerprint density at radius 3 is 2.00 bits per heavy atom. The first kappa shape index (κ1) is 29.0. The molecule has 0 aliphatic carbocycles. The van der Waals surface area contributed by atoms with Crippen molar-refractivity contribution in [2.75, 3.05) is 20.5 Å². The van der Waals surface area contributed by atoms with Gasteiger partial charge in [-0.1, -0.05) is 69.2 Å². The Labute approximate surface area is 192 Å². The molecule has 0 saturated carbocycles. The van der Waals surface area contributed by atoms with E-state index in [4.69, 9.17) is 18.3 Å². The summed E-state index contributed by atoms with van der Waals surface area (Å²) >= 11 is 0. The second kappa shape index (κ2) is 11.4. The Bertz CT molecular complexity index is 515. The van der Waals surface area contributed by atoms with Crippen molar-refractivity contribution < 1.29 is 28.5 Å². The van der Waals surface area contributed by atoms with Gasteiger partial charge in [-0.3, -0.25) is 0 Å². The van der Waals surface area contributed by atoms with Gasteiger partial charge in [-0.25, -0.2) is 0 Å². The topological polar surface area (TPSA) is 77.4 Å².